The molecule has 0 aliphatic carbocycles. The van der Waals surface area contributed by atoms with E-state index >= 15 is 0 Å². The van der Waals surface area contributed by atoms with Crippen molar-refractivity contribution >= 4 is 16.8 Å². The topological polar surface area (TPSA) is 54.1 Å². The molecule has 2 N–H and O–H groups in total. The number of nitrogens with one attached hydrogen (secondary N) is 2. The van der Waals surface area contributed by atoms with Crippen molar-refractivity contribution in [1.82, 2.24) is 10.3 Å². The Bertz CT molecular complexity index is 869. The van der Waals surface area contributed by atoms with Crippen LogP contribution in [0.25, 0.3) is 10.9 Å². The van der Waals surface area contributed by atoms with E-state index in [-0.39, 0.29) is 11.7 Å². The molecule has 0 aliphatic rings. The number of halogens is 1. The van der Waals surface area contributed by atoms with E-state index in [1.807, 2.05) is 25.1 Å². The molecule has 1 amide bonds. The van der Waals surface area contributed by atoms with Gasteiger partial charge in [0.2, 0.25) is 0 Å². The van der Waals surface area contributed by atoms with Crippen molar-refractivity contribution in [2.45, 2.75) is 13.3 Å². The molecular weight excluding hydrogens is 307 g/mol. The molecule has 3 rings (SSSR count). The van der Waals surface area contributed by atoms with Crippen molar-refractivity contribution in [3.8, 4) is 5.75 Å². The zero-order valence-corrected chi connectivity index (χ0v) is 13.7. The van der Waals surface area contributed by atoms with Crippen LogP contribution >= 0.6 is 0 Å². The molecule has 5 heteroatoms. The van der Waals surface area contributed by atoms with E-state index in [1.165, 1.54) is 12.1 Å². The third-order valence-electron chi connectivity index (χ3n) is 4.10. The summed E-state index contributed by atoms with van der Waals surface area (Å²) in [5, 5.41) is 3.90. The molecule has 1 aromatic heterocycles. The predicted octanol–water partition coefficient (Wildman–Crippen LogP) is 3.60. The minimum atomic E-state index is -0.257. The lowest BCUT2D eigenvalue weighted by Crippen LogP contribution is -2.26. The number of H-pyrrole nitrogens is 1. The highest BCUT2D eigenvalue weighted by atomic mass is 19.1. The van der Waals surface area contributed by atoms with Gasteiger partial charge in [0.1, 0.15) is 17.3 Å². The van der Waals surface area contributed by atoms with Crippen molar-refractivity contribution in [2.75, 3.05) is 13.7 Å². The van der Waals surface area contributed by atoms with Crippen LogP contribution in [-0.2, 0) is 6.42 Å². The highest BCUT2D eigenvalue weighted by molar-refractivity contribution is 6.01. The van der Waals surface area contributed by atoms with Crippen molar-refractivity contribution in [3.63, 3.8) is 0 Å². The molecule has 4 nitrogen and oxygen atoms in total. The highest BCUT2D eigenvalue weighted by Crippen LogP contribution is 2.25. The molecule has 0 unspecified atom stereocenters. The average molecular weight is 326 g/mol. The van der Waals surface area contributed by atoms with E-state index in [1.54, 1.807) is 19.2 Å². The second-order valence-corrected chi connectivity index (χ2v) is 5.67. The van der Waals surface area contributed by atoms with Crippen LogP contribution in [-0.4, -0.2) is 24.5 Å². The summed E-state index contributed by atoms with van der Waals surface area (Å²) in [5.74, 6) is 0.337. The lowest BCUT2D eigenvalue weighted by molar-refractivity contribution is 0.0949. The number of methoxy groups -OCH3 is 1. The Hall–Kier alpha value is -2.82. The van der Waals surface area contributed by atoms with Crippen molar-refractivity contribution in [1.29, 1.82) is 0 Å². The fraction of sp³-hybridized carbons (Fsp3) is 0.211. The number of amides is 1. The van der Waals surface area contributed by atoms with Gasteiger partial charge in [0.25, 0.3) is 5.91 Å². The molecule has 0 spiro atoms. The van der Waals surface area contributed by atoms with Crippen LogP contribution in [0, 0.1) is 12.7 Å². The van der Waals surface area contributed by atoms with E-state index in [9.17, 15) is 9.18 Å². The number of ether oxygens (including phenoxy) is 1. The Morgan fingerprint density at radius 1 is 1.21 bits per heavy atom. The summed E-state index contributed by atoms with van der Waals surface area (Å²) in [6.45, 7) is 2.41. The van der Waals surface area contributed by atoms with Gasteiger partial charge < -0.3 is 15.0 Å². The van der Waals surface area contributed by atoms with Gasteiger partial charge in [-0.1, -0.05) is 12.1 Å². The van der Waals surface area contributed by atoms with Crippen LogP contribution in [0.4, 0.5) is 4.39 Å². The number of carbonyl (C=O) groups excluding carboxylic acids is 1. The van der Waals surface area contributed by atoms with Gasteiger partial charge in [-0.25, -0.2) is 4.39 Å². The molecule has 124 valence electrons. The average Bonchev–Trinajstić information content (AvgIpc) is 2.93. The van der Waals surface area contributed by atoms with Crippen molar-refractivity contribution in [3.05, 3.63) is 65.1 Å². The summed E-state index contributed by atoms with van der Waals surface area (Å²) < 4.78 is 18.1. The number of aromatic nitrogens is 1. The Balaban J connectivity index is 1.69. The van der Waals surface area contributed by atoms with Gasteiger partial charge in [0, 0.05) is 23.5 Å². The summed E-state index contributed by atoms with van der Waals surface area (Å²) in [6.07, 6.45) is 0.652. The van der Waals surface area contributed by atoms with Crippen LogP contribution in [0.15, 0.2) is 42.5 Å². The van der Waals surface area contributed by atoms with E-state index < -0.39 is 0 Å². The van der Waals surface area contributed by atoms with Gasteiger partial charge >= 0.3 is 0 Å². The van der Waals surface area contributed by atoms with E-state index in [2.05, 4.69) is 10.3 Å². The Kier molecular flexibility index (Phi) is 4.51. The predicted molar refractivity (Wildman–Crippen MR) is 92.0 cm³/mol. The molecule has 2 aromatic carbocycles. The lowest BCUT2D eigenvalue weighted by atomic mass is 10.1. The van der Waals surface area contributed by atoms with Gasteiger partial charge in [0.15, 0.2) is 0 Å². The quantitative estimate of drug-likeness (QED) is 0.753. The van der Waals surface area contributed by atoms with Crippen molar-refractivity contribution in [2.24, 2.45) is 0 Å². The summed E-state index contributed by atoms with van der Waals surface area (Å²) in [6, 6.07) is 12.0. The first-order valence-electron chi connectivity index (χ1n) is 7.77. The first-order chi connectivity index (χ1) is 11.6. The smallest absolute Gasteiger partial charge is 0.268 e. The normalized spacial score (nSPS) is 10.8. The molecule has 0 fully saturated rings. The summed E-state index contributed by atoms with van der Waals surface area (Å²) in [5.41, 5.74) is 3.31. The van der Waals surface area contributed by atoms with Crippen LogP contribution in [0.3, 0.4) is 0 Å². The monoisotopic (exact) mass is 326 g/mol. The highest BCUT2D eigenvalue weighted by Gasteiger charge is 2.14. The number of aryl methyl sites for hydroxylation is 1. The molecule has 0 saturated carbocycles. The van der Waals surface area contributed by atoms with Gasteiger partial charge in [-0.15, -0.1) is 0 Å². The SMILES string of the molecule is COc1ccc2c(C)c(C(=O)NCCc3ccc(F)cc3)[nH]c2c1. The maximum atomic E-state index is 12.9. The second-order valence-electron chi connectivity index (χ2n) is 5.67. The van der Waals surface area contributed by atoms with Crippen LogP contribution in [0.5, 0.6) is 5.75 Å². The van der Waals surface area contributed by atoms with Gasteiger partial charge in [-0.05, 0) is 48.7 Å². The number of rotatable bonds is 5. The van der Waals surface area contributed by atoms with Crippen LogP contribution in [0.2, 0.25) is 0 Å². The molecular formula is C19H19FN2O2. The fourth-order valence-electron chi connectivity index (χ4n) is 2.73. The lowest BCUT2D eigenvalue weighted by Gasteiger charge is -2.05. The summed E-state index contributed by atoms with van der Waals surface area (Å²) in [7, 11) is 1.61. The fourth-order valence-corrected chi connectivity index (χ4v) is 2.73. The molecule has 0 saturated heterocycles. The van der Waals surface area contributed by atoms with Gasteiger partial charge in [-0.2, -0.15) is 0 Å². The van der Waals surface area contributed by atoms with Crippen LogP contribution < -0.4 is 10.1 Å². The number of aromatic amines is 1. The number of hydrogen-bond donors (Lipinski definition) is 2. The molecule has 3 aromatic rings. The number of carbonyl (C=O) groups is 1. The third-order valence-corrected chi connectivity index (χ3v) is 4.10. The maximum absolute atomic E-state index is 12.9. The minimum absolute atomic E-state index is 0.148. The largest absolute Gasteiger partial charge is 0.497 e. The van der Waals surface area contributed by atoms with E-state index in [0.717, 1.165) is 27.8 Å². The van der Waals surface area contributed by atoms with Gasteiger partial charge in [0.05, 0.1) is 7.11 Å². The Morgan fingerprint density at radius 3 is 2.67 bits per heavy atom. The first kappa shape index (κ1) is 16.1. The third kappa shape index (κ3) is 3.25. The minimum Gasteiger partial charge on any atom is -0.497 e. The molecule has 24 heavy (non-hydrogen) atoms. The Labute approximate surface area is 139 Å². The van der Waals surface area contributed by atoms with Crippen molar-refractivity contribution < 1.29 is 13.9 Å². The molecule has 0 atom stereocenters. The van der Waals surface area contributed by atoms with E-state index in [4.69, 9.17) is 4.74 Å². The standard InChI is InChI=1S/C19H19FN2O2/c1-12-16-8-7-15(24-2)11-17(16)22-18(12)19(23)21-10-9-13-3-5-14(20)6-4-13/h3-8,11,22H,9-10H2,1-2H3,(H,21,23). The zero-order chi connectivity index (χ0) is 17.1. The van der Waals surface area contributed by atoms with Crippen LogP contribution in [0.1, 0.15) is 21.6 Å². The Morgan fingerprint density at radius 2 is 1.96 bits per heavy atom. The number of hydrogen-bond acceptors (Lipinski definition) is 2. The molecule has 0 radical (unpaired) electrons. The summed E-state index contributed by atoms with van der Waals surface area (Å²) >= 11 is 0. The second kappa shape index (κ2) is 6.74. The molecule has 1 heterocycles. The summed E-state index contributed by atoms with van der Waals surface area (Å²) in [4.78, 5) is 15.6. The number of benzene rings is 2. The van der Waals surface area contributed by atoms with Gasteiger partial charge in [-0.3, -0.25) is 4.79 Å². The first-order valence-corrected chi connectivity index (χ1v) is 7.77. The van der Waals surface area contributed by atoms with E-state index in [0.29, 0.717) is 18.7 Å². The number of fused-ring (bicyclic) bond motifs is 1. The maximum Gasteiger partial charge on any atom is 0.268 e. The zero-order valence-electron chi connectivity index (χ0n) is 13.7. The molecule has 0 aliphatic heterocycles. The molecule has 0 bridgehead atoms.